The number of carbonyl (C=O) groups excluding carboxylic acids is 1. The van der Waals surface area contributed by atoms with Crippen LogP contribution in [0.5, 0.6) is 0 Å². The van der Waals surface area contributed by atoms with Gasteiger partial charge in [-0.1, -0.05) is 24.3 Å². The number of aryl methyl sites for hydroxylation is 1. The van der Waals surface area contributed by atoms with Crippen LogP contribution in [0.4, 0.5) is 5.69 Å². The average molecular weight is 406 g/mol. The minimum absolute atomic E-state index is 0.117. The van der Waals surface area contributed by atoms with Crippen molar-refractivity contribution in [1.29, 1.82) is 0 Å². The number of benzene rings is 2. The van der Waals surface area contributed by atoms with Gasteiger partial charge in [0.2, 0.25) is 5.91 Å². The Morgan fingerprint density at radius 2 is 1.90 bits per heavy atom. The average Bonchev–Trinajstić information content (AvgIpc) is 3.10. The largest absolute Gasteiger partial charge is 0.371 e. The molecule has 0 unspecified atom stereocenters. The number of para-hydroxylation sites is 2. The summed E-state index contributed by atoms with van der Waals surface area (Å²) >= 11 is 0. The zero-order valence-electron chi connectivity index (χ0n) is 18.1. The Hall–Kier alpha value is -2.86. The van der Waals surface area contributed by atoms with Crippen molar-refractivity contribution in [3.63, 3.8) is 0 Å². The molecule has 6 heteroatoms. The molecule has 0 radical (unpaired) electrons. The SMILES string of the molecule is CN(C)CCNC(=O)C1CCN(c2cccc(-c3nc4ccccc4n3C)c2)CC1. The standard InChI is InChI=1S/C24H31N5O/c1-27(2)16-13-25-24(30)18-11-14-29(15-12-18)20-8-6-7-19(17-20)23-26-21-9-4-5-10-22(21)28(23)3/h4-10,17-18H,11-16H2,1-3H3,(H,25,30). The van der Waals surface area contributed by atoms with E-state index < -0.39 is 0 Å². The summed E-state index contributed by atoms with van der Waals surface area (Å²) in [6.07, 6.45) is 1.79. The highest BCUT2D eigenvalue weighted by Gasteiger charge is 2.25. The predicted octanol–water partition coefficient (Wildman–Crippen LogP) is 3.13. The lowest BCUT2D eigenvalue weighted by atomic mass is 9.95. The zero-order valence-corrected chi connectivity index (χ0v) is 18.1. The first-order valence-electron chi connectivity index (χ1n) is 10.7. The molecule has 0 atom stereocenters. The molecular weight excluding hydrogens is 374 g/mol. The second-order valence-electron chi connectivity index (χ2n) is 8.39. The molecule has 1 aromatic heterocycles. The monoisotopic (exact) mass is 405 g/mol. The highest BCUT2D eigenvalue weighted by Crippen LogP contribution is 2.29. The van der Waals surface area contributed by atoms with Crippen molar-refractivity contribution in [2.45, 2.75) is 12.8 Å². The number of aromatic nitrogens is 2. The van der Waals surface area contributed by atoms with E-state index in [9.17, 15) is 4.79 Å². The van der Waals surface area contributed by atoms with Crippen LogP contribution in [-0.4, -0.2) is 60.6 Å². The van der Waals surface area contributed by atoms with Crippen LogP contribution in [0.1, 0.15) is 12.8 Å². The van der Waals surface area contributed by atoms with Gasteiger partial charge in [0.25, 0.3) is 0 Å². The van der Waals surface area contributed by atoms with Gasteiger partial charge in [-0.25, -0.2) is 4.98 Å². The zero-order chi connectivity index (χ0) is 21.1. The maximum absolute atomic E-state index is 12.4. The summed E-state index contributed by atoms with van der Waals surface area (Å²) < 4.78 is 2.15. The van der Waals surface area contributed by atoms with E-state index >= 15 is 0 Å². The molecule has 2 aromatic carbocycles. The van der Waals surface area contributed by atoms with E-state index in [0.717, 1.165) is 54.9 Å². The fraction of sp³-hybridized carbons (Fsp3) is 0.417. The molecule has 1 saturated heterocycles. The Morgan fingerprint density at radius 3 is 2.63 bits per heavy atom. The van der Waals surface area contributed by atoms with Crippen LogP contribution in [0.15, 0.2) is 48.5 Å². The number of hydrogen-bond acceptors (Lipinski definition) is 4. The number of nitrogens with zero attached hydrogens (tertiary/aromatic N) is 4. The van der Waals surface area contributed by atoms with Crippen LogP contribution in [0.2, 0.25) is 0 Å². The van der Waals surface area contributed by atoms with Crippen molar-refractivity contribution >= 4 is 22.6 Å². The van der Waals surface area contributed by atoms with Gasteiger partial charge in [0.1, 0.15) is 5.82 Å². The van der Waals surface area contributed by atoms with Gasteiger partial charge in [-0.05, 0) is 51.2 Å². The minimum Gasteiger partial charge on any atom is -0.371 e. The number of rotatable bonds is 6. The molecular formula is C24H31N5O. The summed E-state index contributed by atoms with van der Waals surface area (Å²) in [4.78, 5) is 21.7. The Bertz CT molecular complexity index is 1020. The van der Waals surface area contributed by atoms with Crippen LogP contribution in [-0.2, 0) is 11.8 Å². The van der Waals surface area contributed by atoms with Crippen molar-refractivity contribution in [2.24, 2.45) is 13.0 Å². The van der Waals surface area contributed by atoms with Crippen molar-refractivity contribution in [2.75, 3.05) is 45.2 Å². The van der Waals surface area contributed by atoms with E-state index in [0.29, 0.717) is 6.54 Å². The summed E-state index contributed by atoms with van der Waals surface area (Å²) in [5, 5.41) is 3.08. The third-order valence-electron chi connectivity index (χ3n) is 5.98. The lowest BCUT2D eigenvalue weighted by molar-refractivity contribution is -0.125. The number of nitrogens with one attached hydrogen (secondary N) is 1. The fourth-order valence-corrected chi connectivity index (χ4v) is 4.19. The smallest absolute Gasteiger partial charge is 0.223 e. The number of carbonyl (C=O) groups is 1. The molecule has 30 heavy (non-hydrogen) atoms. The first kappa shape index (κ1) is 20.4. The molecule has 1 N–H and O–H groups in total. The van der Waals surface area contributed by atoms with Gasteiger partial charge in [-0.3, -0.25) is 4.79 Å². The topological polar surface area (TPSA) is 53.4 Å². The maximum Gasteiger partial charge on any atom is 0.223 e. The normalized spacial score (nSPS) is 15.1. The lowest BCUT2D eigenvalue weighted by Gasteiger charge is -2.33. The van der Waals surface area contributed by atoms with Crippen LogP contribution in [0.25, 0.3) is 22.4 Å². The van der Waals surface area contributed by atoms with Crippen molar-refractivity contribution in [1.82, 2.24) is 19.8 Å². The van der Waals surface area contributed by atoms with Crippen molar-refractivity contribution < 1.29 is 4.79 Å². The molecule has 1 aliphatic heterocycles. The summed E-state index contributed by atoms with van der Waals surface area (Å²) in [6.45, 7) is 3.39. The maximum atomic E-state index is 12.4. The fourth-order valence-electron chi connectivity index (χ4n) is 4.19. The van der Waals surface area contributed by atoms with Crippen LogP contribution in [0, 0.1) is 5.92 Å². The first-order valence-corrected chi connectivity index (χ1v) is 10.7. The first-order chi connectivity index (χ1) is 14.5. The van der Waals surface area contributed by atoms with E-state index in [1.54, 1.807) is 0 Å². The second kappa shape index (κ2) is 8.88. The van der Waals surface area contributed by atoms with Crippen molar-refractivity contribution in [3.8, 4) is 11.4 Å². The summed E-state index contributed by atoms with van der Waals surface area (Å²) in [5.74, 6) is 1.30. The number of likely N-dealkylation sites (N-methyl/N-ethyl adjacent to an activating group) is 1. The Labute approximate surface area is 178 Å². The molecule has 0 spiro atoms. The number of anilines is 1. The predicted molar refractivity (Wildman–Crippen MR) is 123 cm³/mol. The van der Waals surface area contributed by atoms with E-state index in [1.165, 1.54) is 5.69 Å². The third-order valence-corrected chi connectivity index (χ3v) is 5.98. The number of hydrogen-bond donors (Lipinski definition) is 1. The van der Waals surface area contributed by atoms with E-state index in [1.807, 2.05) is 26.2 Å². The van der Waals surface area contributed by atoms with Gasteiger partial charge in [0, 0.05) is 50.4 Å². The van der Waals surface area contributed by atoms with Gasteiger partial charge in [0.15, 0.2) is 0 Å². The van der Waals surface area contributed by atoms with Gasteiger partial charge >= 0.3 is 0 Å². The van der Waals surface area contributed by atoms with E-state index in [4.69, 9.17) is 4.98 Å². The van der Waals surface area contributed by atoms with Crippen molar-refractivity contribution in [3.05, 3.63) is 48.5 Å². The molecule has 4 rings (SSSR count). The molecule has 0 aliphatic carbocycles. The van der Waals surface area contributed by atoms with Gasteiger partial charge in [-0.2, -0.15) is 0 Å². The highest BCUT2D eigenvalue weighted by atomic mass is 16.1. The summed E-state index contributed by atoms with van der Waals surface area (Å²) in [7, 11) is 6.11. The van der Waals surface area contributed by atoms with E-state index in [-0.39, 0.29) is 11.8 Å². The Balaban J connectivity index is 1.43. The molecule has 1 fully saturated rings. The molecule has 1 amide bonds. The van der Waals surface area contributed by atoms with E-state index in [2.05, 4.69) is 63.1 Å². The molecule has 6 nitrogen and oxygen atoms in total. The van der Waals surface area contributed by atoms with Gasteiger partial charge < -0.3 is 19.7 Å². The number of amides is 1. The second-order valence-corrected chi connectivity index (χ2v) is 8.39. The van der Waals surface area contributed by atoms with Crippen LogP contribution in [0.3, 0.4) is 0 Å². The number of fused-ring (bicyclic) bond motifs is 1. The lowest BCUT2D eigenvalue weighted by Crippen LogP contribution is -2.42. The summed E-state index contributed by atoms with van der Waals surface area (Å²) in [5.41, 5.74) is 4.47. The number of imidazole rings is 1. The quantitative estimate of drug-likeness (QED) is 0.685. The third kappa shape index (κ3) is 4.33. The summed E-state index contributed by atoms with van der Waals surface area (Å²) in [6, 6.07) is 16.8. The Kier molecular flexibility index (Phi) is 6.04. The minimum atomic E-state index is 0.117. The molecule has 158 valence electrons. The molecule has 2 heterocycles. The Morgan fingerprint density at radius 1 is 1.13 bits per heavy atom. The molecule has 1 aliphatic rings. The number of piperidine rings is 1. The molecule has 3 aromatic rings. The molecule has 0 saturated carbocycles. The van der Waals surface area contributed by atoms with Crippen LogP contribution >= 0.6 is 0 Å². The molecule has 0 bridgehead atoms. The van der Waals surface area contributed by atoms with Crippen LogP contribution < -0.4 is 10.2 Å². The van der Waals surface area contributed by atoms with Gasteiger partial charge in [0.05, 0.1) is 11.0 Å². The highest BCUT2D eigenvalue weighted by molar-refractivity contribution is 5.81. The van der Waals surface area contributed by atoms with Gasteiger partial charge in [-0.15, -0.1) is 0 Å².